The van der Waals surface area contributed by atoms with E-state index in [9.17, 15) is 8.42 Å². The van der Waals surface area contributed by atoms with Crippen LogP contribution in [0.5, 0.6) is 5.75 Å². The van der Waals surface area contributed by atoms with Gasteiger partial charge in [0.25, 0.3) is 0 Å². The number of nitrogens with one attached hydrogen (secondary N) is 1. The van der Waals surface area contributed by atoms with Crippen molar-refractivity contribution >= 4 is 32.9 Å². The van der Waals surface area contributed by atoms with Gasteiger partial charge in [-0.25, -0.2) is 8.42 Å². The van der Waals surface area contributed by atoms with Crippen LogP contribution in [0, 0.1) is 5.92 Å². The maximum Gasteiger partial charge on any atom is 0.232 e. The third-order valence-corrected chi connectivity index (χ3v) is 3.89. The lowest BCUT2D eigenvalue weighted by molar-refractivity contribution is 0.378. The van der Waals surface area contributed by atoms with E-state index in [0.717, 1.165) is 0 Å². The van der Waals surface area contributed by atoms with Gasteiger partial charge in [-0.1, -0.05) is 32.1 Å². The van der Waals surface area contributed by atoms with Crippen molar-refractivity contribution in [3.8, 4) is 5.75 Å². The summed E-state index contributed by atoms with van der Waals surface area (Å²) in [5, 5.41) is 0. The average molecular weight is 316 g/mol. The van der Waals surface area contributed by atoms with Crippen molar-refractivity contribution in [1.29, 1.82) is 0 Å². The highest BCUT2D eigenvalue weighted by molar-refractivity contribution is 7.92. The smallest absolute Gasteiger partial charge is 0.232 e. The molecule has 0 fully saturated rings. The summed E-state index contributed by atoms with van der Waals surface area (Å²) in [6.07, 6.45) is 0.618. The zero-order valence-corrected chi connectivity index (χ0v) is 13.3. The molecule has 0 aliphatic heterocycles. The Bertz CT molecular complexity index is 556. The van der Waals surface area contributed by atoms with Crippen LogP contribution in [0.1, 0.15) is 20.3 Å². The summed E-state index contributed by atoms with van der Waals surface area (Å²) in [4.78, 5) is 0.243. The molecule has 0 amide bonds. The normalized spacial score (nSPS) is 11.3. The Morgan fingerprint density at radius 3 is 2.75 bits per heavy atom. The molecule has 5 nitrogen and oxygen atoms in total. The molecule has 1 aromatic carbocycles. The Labute approximate surface area is 125 Å². The highest BCUT2D eigenvalue weighted by atomic mass is 32.2. The summed E-state index contributed by atoms with van der Waals surface area (Å²) < 4.78 is 31.6. The van der Waals surface area contributed by atoms with Crippen LogP contribution in [-0.2, 0) is 10.0 Å². The summed E-state index contributed by atoms with van der Waals surface area (Å²) in [6, 6.07) is 6.69. The van der Waals surface area contributed by atoms with Crippen LogP contribution in [0.2, 0.25) is 0 Å². The zero-order chi connectivity index (χ0) is 15.2. The number of anilines is 1. The SMILES string of the molecule is CC(C)CCS(=O)(=O)Nc1cccc(OCC(N)=S)c1. The largest absolute Gasteiger partial charge is 0.486 e. The molecule has 0 bridgehead atoms. The van der Waals surface area contributed by atoms with E-state index in [4.69, 9.17) is 22.7 Å². The summed E-state index contributed by atoms with van der Waals surface area (Å²) in [7, 11) is -3.33. The first-order valence-electron chi connectivity index (χ1n) is 6.30. The monoisotopic (exact) mass is 316 g/mol. The van der Waals surface area contributed by atoms with E-state index in [2.05, 4.69) is 4.72 Å². The van der Waals surface area contributed by atoms with E-state index in [-0.39, 0.29) is 17.3 Å². The molecule has 0 spiro atoms. The molecule has 1 aromatic rings. The maximum atomic E-state index is 11.9. The second-order valence-corrected chi connectivity index (χ2v) is 7.25. The van der Waals surface area contributed by atoms with Gasteiger partial charge in [0.05, 0.1) is 11.4 Å². The van der Waals surface area contributed by atoms with E-state index < -0.39 is 10.0 Å². The number of hydrogen-bond donors (Lipinski definition) is 2. The second-order valence-electron chi connectivity index (χ2n) is 4.89. The number of hydrogen-bond acceptors (Lipinski definition) is 4. The van der Waals surface area contributed by atoms with Gasteiger partial charge in [-0.3, -0.25) is 4.72 Å². The third kappa shape index (κ3) is 6.72. The fourth-order valence-corrected chi connectivity index (χ4v) is 2.85. The van der Waals surface area contributed by atoms with Gasteiger partial charge in [0.2, 0.25) is 10.0 Å². The van der Waals surface area contributed by atoms with Crippen molar-refractivity contribution < 1.29 is 13.2 Å². The van der Waals surface area contributed by atoms with Gasteiger partial charge in [0, 0.05) is 6.07 Å². The molecule has 0 heterocycles. The molecule has 0 atom stereocenters. The molecule has 0 aliphatic carbocycles. The molecule has 0 aromatic heterocycles. The molecule has 0 aliphatic rings. The highest BCUT2D eigenvalue weighted by Gasteiger charge is 2.11. The van der Waals surface area contributed by atoms with E-state index in [1.807, 2.05) is 13.8 Å². The van der Waals surface area contributed by atoms with Crippen LogP contribution in [0.3, 0.4) is 0 Å². The number of rotatable bonds is 8. The van der Waals surface area contributed by atoms with Gasteiger partial charge in [-0.2, -0.15) is 0 Å². The van der Waals surface area contributed by atoms with Crippen molar-refractivity contribution in [2.75, 3.05) is 17.1 Å². The first kappa shape index (κ1) is 16.7. The minimum Gasteiger partial charge on any atom is -0.486 e. The van der Waals surface area contributed by atoms with E-state index >= 15 is 0 Å². The fraction of sp³-hybridized carbons (Fsp3) is 0.462. The second kappa shape index (κ2) is 7.44. The van der Waals surface area contributed by atoms with E-state index in [1.165, 1.54) is 0 Å². The maximum absolute atomic E-state index is 11.9. The molecular weight excluding hydrogens is 296 g/mol. The summed E-state index contributed by atoms with van der Waals surface area (Å²) in [5.74, 6) is 0.955. The van der Waals surface area contributed by atoms with Crippen LogP contribution in [0.25, 0.3) is 0 Å². The van der Waals surface area contributed by atoms with Gasteiger partial charge in [0.15, 0.2) is 0 Å². The Morgan fingerprint density at radius 2 is 2.15 bits per heavy atom. The molecule has 1 rings (SSSR count). The molecule has 3 N–H and O–H groups in total. The standard InChI is InChI=1S/C13H20N2O3S2/c1-10(2)6-7-20(16,17)15-11-4-3-5-12(8-11)18-9-13(14)19/h3-5,8,10,15H,6-7,9H2,1-2H3,(H2,14,19). The van der Waals surface area contributed by atoms with Crippen LogP contribution in [0.15, 0.2) is 24.3 Å². The van der Waals surface area contributed by atoms with Crippen LogP contribution >= 0.6 is 12.2 Å². The highest BCUT2D eigenvalue weighted by Crippen LogP contribution is 2.19. The lowest BCUT2D eigenvalue weighted by Gasteiger charge is -2.11. The Hall–Kier alpha value is -1.34. The lowest BCUT2D eigenvalue weighted by Crippen LogP contribution is -2.19. The van der Waals surface area contributed by atoms with Crippen molar-refractivity contribution in [2.24, 2.45) is 11.7 Å². The van der Waals surface area contributed by atoms with Gasteiger partial charge in [-0.05, 0) is 24.5 Å². The van der Waals surface area contributed by atoms with Gasteiger partial charge < -0.3 is 10.5 Å². The molecule has 0 radical (unpaired) electrons. The number of thiocarbonyl (C=S) groups is 1. The first-order chi connectivity index (χ1) is 9.28. The number of nitrogens with two attached hydrogens (primary N) is 1. The minimum atomic E-state index is -3.33. The van der Waals surface area contributed by atoms with Crippen molar-refractivity contribution in [1.82, 2.24) is 0 Å². The Morgan fingerprint density at radius 1 is 1.45 bits per heavy atom. The predicted octanol–water partition coefficient (Wildman–Crippen LogP) is 2.14. The van der Waals surface area contributed by atoms with Crippen molar-refractivity contribution in [3.63, 3.8) is 0 Å². The third-order valence-electron chi connectivity index (χ3n) is 2.45. The molecule has 0 saturated heterocycles. The minimum absolute atomic E-state index is 0.0998. The lowest BCUT2D eigenvalue weighted by atomic mass is 10.2. The molecular formula is C13H20N2O3S2. The van der Waals surface area contributed by atoms with Crippen LogP contribution in [0.4, 0.5) is 5.69 Å². The number of ether oxygens (including phenoxy) is 1. The summed E-state index contributed by atoms with van der Waals surface area (Å²) in [6.45, 7) is 4.10. The summed E-state index contributed by atoms with van der Waals surface area (Å²) >= 11 is 4.72. The van der Waals surface area contributed by atoms with Gasteiger partial charge >= 0.3 is 0 Å². The average Bonchev–Trinajstić information content (AvgIpc) is 2.34. The van der Waals surface area contributed by atoms with Crippen molar-refractivity contribution in [2.45, 2.75) is 20.3 Å². The number of benzene rings is 1. The van der Waals surface area contributed by atoms with Crippen LogP contribution in [-0.4, -0.2) is 25.8 Å². The number of sulfonamides is 1. The molecule has 20 heavy (non-hydrogen) atoms. The topological polar surface area (TPSA) is 81.4 Å². The molecule has 0 saturated carbocycles. The van der Waals surface area contributed by atoms with Crippen molar-refractivity contribution in [3.05, 3.63) is 24.3 Å². The molecule has 7 heteroatoms. The predicted molar refractivity (Wildman–Crippen MR) is 85.6 cm³/mol. The quantitative estimate of drug-likeness (QED) is 0.718. The first-order valence-corrected chi connectivity index (χ1v) is 8.36. The fourth-order valence-electron chi connectivity index (χ4n) is 1.43. The molecule has 112 valence electrons. The zero-order valence-electron chi connectivity index (χ0n) is 11.6. The van der Waals surface area contributed by atoms with E-state index in [0.29, 0.717) is 23.8 Å². The molecule has 0 unspecified atom stereocenters. The Balaban J connectivity index is 2.67. The summed E-state index contributed by atoms with van der Waals surface area (Å²) in [5.41, 5.74) is 5.81. The van der Waals surface area contributed by atoms with Gasteiger partial charge in [-0.15, -0.1) is 0 Å². The van der Waals surface area contributed by atoms with Crippen LogP contribution < -0.4 is 15.2 Å². The van der Waals surface area contributed by atoms with Gasteiger partial charge in [0.1, 0.15) is 17.3 Å². The van der Waals surface area contributed by atoms with E-state index in [1.54, 1.807) is 24.3 Å². The Kier molecular flexibility index (Phi) is 6.22.